The van der Waals surface area contributed by atoms with E-state index in [1.54, 1.807) is 4.90 Å². The quantitative estimate of drug-likeness (QED) is 0.512. The maximum atomic E-state index is 13.3. The lowest BCUT2D eigenvalue weighted by molar-refractivity contribution is -0.132. The van der Waals surface area contributed by atoms with E-state index in [1.165, 1.54) is 22.5 Å². The van der Waals surface area contributed by atoms with Gasteiger partial charge in [0.05, 0.1) is 18.1 Å². The van der Waals surface area contributed by atoms with Crippen molar-refractivity contribution in [2.75, 3.05) is 19.6 Å². The minimum atomic E-state index is -3.98. The van der Waals surface area contributed by atoms with Crippen molar-refractivity contribution in [1.29, 1.82) is 0 Å². The van der Waals surface area contributed by atoms with Gasteiger partial charge in [-0.05, 0) is 42.7 Å². The molecular formula is C21H29Cl2N3O3S. The topological polar surface area (TPSA) is 62.6 Å². The summed E-state index contributed by atoms with van der Waals surface area (Å²) in [5.41, 5.74) is 0.979. The summed E-state index contributed by atoms with van der Waals surface area (Å²) in [5, 5.41) is 0.349. The van der Waals surface area contributed by atoms with E-state index in [-0.39, 0.29) is 39.9 Å². The number of aryl methyl sites for hydroxylation is 1. The van der Waals surface area contributed by atoms with Crippen LogP contribution in [0.1, 0.15) is 32.9 Å². The lowest BCUT2D eigenvalue weighted by Crippen LogP contribution is -2.44. The van der Waals surface area contributed by atoms with Crippen molar-refractivity contribution in [3.8, 4) is 0 Å². The molecule has 2 rings (SSSR count). The predicted molar refractivity (Wildman–Crippen MR) is 121 cm³/mol. The highest BCUT2D eigenvalue weighted by Crippen LogP contribution is 2.28. The highest BCUT2D eigenvalue weighted by Gasteiger charge is 2.30. The molecule has 0 aliphatic heterocycles. The molecular weight excluding hydrogens is 445 g/mol. The van der Waals surface area contributed by atoms with Gasteiger partial charge >= 0.3 is 0 Å². The molecule has 1 amide bonds. The van der Waals surface area contributed by atoms with Crippen LogP contribution in [-0.2, 0) is 28.4 Å². The van der Waals surface area contributed by atoms with Crippen LogP contribution < -0.4 is 0 Å². The number of benzene rings is 1. The SMILES string of the molecule is CCCN(CC(=O)N(Cc1cccn1C)CC(C)C)S(=O)(=O)c1cc(Cl)ccc1Cl. The number of carbonyl (C=O) groups excluding carboxylic acids is 1. The van der Waals surface area contributed by atoms with Gasteiger partial charge < -0.3 is 9.47 Å². The van der Waals surface area contributed by atoms with Crippen molar-refractivity contribution in [1.82, 2.24) is 13.8 Å². The molecule has 1 aromatic carbocycles. The molecule has 166 valence electrons. The zero-order valence-electron chi connectivity index (χ0n) is 17.8. The third kappa shape index (κ3) is 6.23. The Labute approximate surface area is 189 Å². The van der Waals surface area contributed by atoms with Crippen LogP contribution in [0.3, 0.4) is 0 Å². The van der Waals surface area contributed by atoms with Crippen molar-refractivity contribution in [2.45, 2.75) is 38.6 Å². The van der Waals surface area contributed by atoms with Crippen LogP contribution in [0.5, 0.6) is 0 Å². The van der Waals surface area contributed by atoms with Gasteiger partial charge in [0.15, 0.2) is 0 Å². The number of aromatic nitrogens is 1. The summed E-state index contributed by atoms with van der Waals surface area (Å²) < 4.78 is 29.6. The van der Waals surface area contributed by atoms with E-state index in [9.17, 15) is 13.2 Å². The number of sulfonamides is 1. The predicted octanol–water partition coefficient (Wildman–Crippen LogP) is 4.42. The minimum Gasteiger partial charge on any atom is -0.353 e. The number of nitrogens with zero attached hydrogens (tertiary/aromatic N) is 3. The van der Waals surface area contributed by atoms with Crippen LogP contribution in [-0.4, -0.2) is 47.7 Å². The zero-order chi connectivity index (χ0) is 22.5. The first-order valence-electron chi connectivity index (χ1n) is 9.89. The standard InChI is InChI=1S/C21H29Cl2N3O3S/c1-5-10-26(30(28,29)20-12-17(22)8-9-19(20)23)15-21(27)25(13-16(2)3)14-18-7-6-11-24(18)4/h6-9,11-12,16H,5,10,13-15H2,1-4H3. The van der Waals surface area contributed by atoms with Gasteiger partial charge in [-0.2, -0.15) is 4.31 Å². The molecule has 0 atom stereocenters. The summed E-state index contributed by atoms with van der Waals surface area (Å²) in [4.78, 5) is 14.8. The largest absolute Gasteiger partial charge is 0.353 e. The number of hydrogen-bond donors (Lipinski definition) is 0. The number of rotatable bonds is 10. The summed E-state index contributed by atoms with van der Waals surface area (Å²) in [6.07, 6.45) is 2.48. The molecule has 30 heavy (non-hydrogen) atoms. The smallest absolute Gasteiger partial charge is 0.245 e. The third-order valence-electron chi connectivity index (χ3n) is 4.64. The molecule has 0 N–H and O–H groups in total. The van der Waals surface area contributed by atoms with Gasteiger partial charge in [0, 0.05) is 37.1 Å². The van der Waals surface area contributed by atoms with Crippen LogP contribution in [0.25, 0.3) is 0 Å². The molecule has 0 saturated carbocycles. The van der Waals surface area contributed by atoms with Gasteiger partial charge in [-0.25, -0.2) is 8.42 Å². The Kier molecular flexibility index (Phi) is 8.79. The van der Waals surface area contributed by atoms with Gasteiger partial charge in [0.25, 0.3) is 0 Å². The molecule has 0 saturated heterocycles. The van der Waals surface area contributed by atoms with Crippen molar-refractivity contribution < 1.29 is 13.2 Å². The Balaban J connectivity index is 2.31. The van der Waals surface area contributed by atoms with Crippen LogP contribution in [0.2, 0.25) is 10.0 Å². The minimum absolute atomic E-state index is 0.0794. The summed E-state index contributed by atoms with van der Waals surface area (Å²) in [7, 11) is -2.06. The summed E-state index contributed by atoms with van der Waals surface area (Å²) in [5.74, 6) is -0.00657. The molecule has 1 heterocycles. The van der Waals surface area contributed by atoms with Crippen LogP contribution in [0, 0.1) is 5.92 Å². The van der Waals surface area contributed by atoms with Crippen LogP contribution >= 0.6 is 23.2 Å². The molecule has 9 heteroatoms. The molecule has 0 radical (unpaired) electrons. The first kappa shape index (κ1) is 24.7. The summed E-state index contributed by atoms with van der Waals surface area (Å²) in [6, 6.07) is 8.17. The first-order chi connectivity index (χ1) is 14.1. The Morgan fingerprint density at radius 1 is 1.20 bits per heavy atom. The van der Waals surface area contributed by atoms with Crippen LogP contribution in [0.4, 0.5) is 0 Å². The Hall–Kier alpha value is -1.54. The second kappa shape index (κ2) is 10.7. The molecule has 0 aliphatic rings. The summed E-state index contributed by atoms with van der Waals surface area (Å²) in [6.45, 7) is 6.81. The molecule has 2 aromatic rings. The van der Waals surface area contributed by atoms with E-state index in [0.29, 0.717) is 19.5 Å². The normalized spacial score (nSPS) is 12.0. The van der Waals surface area contributed by atoms with Gasteiger partial charge in [0.2, 0.25) is 15.9 Å². The Bertz CT molecular complexity index is 974. The number of carbonyl (C=O) groups is 1. The average Bonchev–Trinajstić information content (AvgIpc) is 3.07. The molecule has 0 unspecified atom stereocenters. The molecule has 6 nitrogen and oxygen atoms in total. The fourth-order valence-corrected chi connectivity index (χ4v) is 5.37. The Morgan fingerprint density at radius 2 is 1.90 bits per heavy atom. The van der Waals surface area contributed by atoms with Gasteiger partial charge in [0.1, 0.15) is 4.90 Å². The van der Waals surface area contributed by atoms with Gasteiger partial charge in [-0.15, -0.1) is 0 Å². The van der Waals surface area contributed by atoms with Gasteiger partial charge in [-0.1, -0.05) is 44.0 Å². The summed E-state index contributed by atoms with van der Waals surface area (Å²) >= 11 is 12.1. The third-order valence-corrected chi connectivity index (χ3v) is 7.20. The maximum absolute atomic E-state index is 13.3. The van der Waals surface area contributed by atoms with Crippen molar-refractivity contribution in [3.63, 3.8) is 0 Å². The Morgan fingerprint density at radius 3 is 2.47 bits per heavy atom. The van der Waals surface area contributed by atoms with E-state index >= 15 is 0 Å². The lowest BCUT2D eigenvalue weighted by atomic mass is 10.2. The number of halogens is 2. The number of amides is 1. The molecule has 1 aromatic heterocycles. The fourth-order valence-electron chi connectivity index (χ4n) is 3.15. The van der Waals surface area contributed by atoms with Crippen molar-refractivity contribution in [3.05, 3.63) is 52.3 Å². The fraction of sp³-hybridized carbons (Fsp3) is 0.476. The molecule has 0 spiro atoms. The molecule has 0 fully saturated rings. The molecule has 0 aliphatic carbocycles. The van der Waals surface area contributed by atoms with Gasteiger partial charge in [-0.3, -0.25) is 4.79 Å². The number of hydrogen-bond acceptors (Lipinski definition) is 3. The highest BCUT2D eigenvalue weighted by atomic mass is 35.5. The van der Waals surface area contributed by atoms with E-state index in [2.05, 4.69) is 0 Å². The van der Waals surface area contributed by atoms with E-state index in [1.807, 2.05) is 50.7 Å². The lowest BCUT2D eigenvalue weighted by Gasteiger charge is -2.28. The van der Waals surface area contributed by atoms with E-state index in [4.69, 9.17) is 23.2 Å². The first-order valence-corrected chi connectivity index (χ1v) is 12.1. The average molecular weight is 474 g/mol. The molecule has 0 bridgehead atoms. The monoisotopic (exact) mass is 473 g/mol. The highest BCUT2D eigenvalue weighted by molar-refractivity contribution is 7.89. The van der Waals surface area contributed by atoms with E-state index < -0.39 is 10.0 Å². The van der Waals surface area contributed by atoms with Crippen LogP contribution in [0.15, 0.2) is 41.4 Å². The van der Waals surface area contributed by atoms with E-state index in [0.717, 1.165) is 5.69 Å². The van der Waals surface area contributed by atoms with Crippen molar-refractivity contribution >= 4 is 39.1 Å². The second-order valence-electron chi connectivity index (χ2n) is 7.69. The maximum Gasteiger partial charge on any atom is 0.245 e. The van der Waals surface area contributed by atoms with Crippen molar-refractivity contribution in [2.24, 2.45) is 13.0 Å². The zero-order valence-corrected chi connectivity index (χ0v) is 20.1. The second-order valence-corrected chi connectivity index (χ2v) is 10.4.